The van der Waals surface area contributed by atoms with Crippen molar-refractivity contribution in [3.05, 3.63) is 102 Å². The molecule has 0 bridgehead atoms. The van der Waals surface area contributed by atoms with E-state index in [0.29, 0.717) is 18.6 Å². The number of hydrogen-bond acceptors (Lipinski definition) is 3. The number of benzene rings is 3. The molecule has 0 aromatic heterocycles. The number of rotatable bonds is 6. The van der Waals surface area contributed by atoms with Gasteiger partial charge in [-0.25, -0.2) is 0 Å². The maximum Gasteiger partial charge on any atom is 0.115 e. The zero-order valence-corrected chi connectivity index (χ0v) is 17.4. The molecule has 0 amide bonds. The first-order valence-electron chi connectivity index (χ1n) is 11.2. The summed E-state index contributed by atoms with van der Waals surface area (Å²) in [7, 11) is 0. The van der Waals surface area contributed by atoms with Gasteiger partial charge in [0.05, 0.1) is 6.17 Å². The van der Waals surface area contributed by atoms with Gasteiger partial charge in [-0.15, -0.1) is 0 Å². The van der Waals surface area contributed by atoms with E-state index in [9.17, 15) is 5.11 Å². The van der Waals surface area contributed by atoms with Crippen LogP contribution in [0.3, 0.4) is 0 Å². The van der Waals surface area contributed by atoms with E-state index >= 15 is 0 Å². The highest BCUT2D eigenvalue weighted by Crippen LogP contribution is 2.39. The molecule has 5 rings (SSSR count). The number of anilines is 1. The average Bonchev–Trinajstić information content (AvgIpc) is 3.41. The Kier molecular flexibility index (Phi) is 5.32. The zero-order valence-electron chi connectivity index (χ0n) is 17.4. The monoisotopic (exact) mass is 398 g/mol. The molecular formula is C27H30N2O. The normalized spacial score (nSPS) is 21.7. The lowest BCUT2D eigenvalue weighted by molar-refractivity contribution is 0.0595. The Morgan fingerprint density at radius 2 is 1.37 bits per heavy atom. The lowest BCUT2D eigenvalue weighted by Crippen LogP contribution is -2.41. The number of fused-ring (bicyclic) bond motifs is 1. The van der Waals surface area contributed by atoms with Crippen molar-refractivity contribution < 1.29 is 5.11 Å². The maximum atomic E-state index is 12.0. The van der Waals surface area contributed by atoms with E-state index < -0.39 is 5.60 Å². The first kappa shape index (κ1) is 19.3. The second-order valence-electron chi connectivity index (χ2n) is 8.63. The Morgan fingerprint density at radius 1 is 0.800 bits per heavy atom. The largest absolute Gasteiger partial charge is 0.380 e. The number of nitrogens with zero attached hydrogens (tertiary/aromatic N) is 2. The summed E-state index contributed by atoms with van der Waals surface area (Å²) in [5.74, 6) is 0. The van der Waals surface area contributed by atoms with E-state index in [-0.39, 0.29) is 0 Å². The Labute approximate surface area is 179 Å². The van der Waals surface area contributed by atoms with E-state index in [4.69, 9.17) is 0 Å². The Balaban J connectivity index is 1.45. The van der Waals surface area contributed by atoms with Crippen molar-refractivity contribution in [1.82, 2.24) is 4.90 Å². The molecule has 154 valence electrons. The summed E-state index contributed by atoms with van der Waals surface area (Å²) in [5, 5.41) is 12.0. The highest BCUT2D eigenvalue weighted by Gasteiger charge is 2.43. The molecule has 0 saturated carbocycles. The van der Waals surface area contributed by atoms with E-state index in [1.807, 2.05) is 36.4 Å². The summed E-state index contributed by atoms with van der Waals surface area (Å²) in [6.07, 6.45) is 4.51. The average molecular weight is 399 g/mol. The fourth-order valence-electron chi connectivity index (χ4n) is 5.41. The van der Waals surface area contributed by atoms with E-state index in [2.05, 4.69) is 64.4 Å². The summed E-state index contributed by atoms with van der Waals surface area (Å²) in [6, 6.07) is 31.7. The van der Waals surface area contributed by atoms with Crippen molar-refractivity contribution in [2.75, 3.05) is 18.0 Å². The highest BCUT2D eigenvalue weighted by molar-refractivity contribution is 5.49. The first-order valence-corrected chi connectivity index (χ1v) is 11.2. The molecule has 2 atom stereocenters. The van der Waals surface area contributed by atoms with Gasteiger partial charge in [0.15, 0.2) is 0 Å². The van der Waals surface area contributed by atoms with E-state index in [0.717, 1.165) is 30.6 Å². The lowest BCUT2D eigenvalue weighted by atomic mass is 9.82. The molecular weight excluding hydrogens is 368 g/mol. The molecule has 2 fully saturated rings. The van der Waals surface area contributed by atoms with Crippen LogP contribution in [0, 0.1) is 0 Å². The SMILES string of the molecule is OC(CC[C@H]1N(c2ccccc2)C[C@@H]2CCCN21)(c1ccccc1)c1ccccc1. The van der Waals surface area contributed by atoms with Gasteiger partial charge < -0.3 is 10.0 Å². The molecule has 2 saturated heterocycles. The van der Waals surface area contributed by atoms with Crippen LogP contribution in [0.5, 0.6) is 0 Å². The van der Waals surface area contributed by atoms with Gasteiger partial charge in [0.25, 0.3) is 0 Å². The predicted molar refractivity (Wildman–Crippen MR) is 122 cm³/mol. The van der Waals surface area contributed by atoms with Crippen molar-refractivity contribution in [3.63, 3.8) is 0 Å². The molecule has 1 N–H and O–H groups in total. The molecule has 3 aromatic carbocycles. The number of para-hydroxylation sites is 1. The van der Waals surface area contributed by atoms with Crippen LogP contribution in [-0.2, 0) is 5.60 Å². The van der Waals surface area contributed by atoms with Crippen LogP contribution in [0.2, 0.25) is 0 Å². The third kappa shape index (κ3) is 3.53. The molecule has 2 heterocycles. The number of aliphatic hydroxyl groups is 1. The highest BCUT2D eigenvalue weighted by atomic mass is 16.3. The third-order valence-electron chi connectivity index (χ3n) is 6.93. The molecule has 2 aliphatic rings. The summed E-state index contributed by atoms with van der Waals surface area (Å²) in [4.78, 5) is 5.23. The predicted octanol–water partition coefficient (Wildman–Crippen LogP) is 5.01. The third-order valence-corrected chi connectivity index (χ3v) is 6.93. The summed E-state index contributed by atoms with van der Waals surface area (Å²) in [5.41, 5.74) is 2.25. The van der Waals surface area contributed by atoms with Crippen LogP contribution in [0.1, 0.15) is 36.8 Å². The van der Waals surface area contributed by atoms with Crippen LogP contribution in [-0.4, -0.2) is 35.3 Å². The van der Waals surface area contributed by atoms with E-state index in [1.165, 1.54) is 18.5 Å². The van der Waals surface area contributed by atoms with Gasteiger partial charge in [-0.05, 0) is 48.9 Å². The van der Waals surface area contributed by atoms with Crippen molar-refractivity contribution in [2.45, 2.75) is 43.5 Å². The van der Waals surface area contributed by atoms with Gasteiger partial charge in [-0.2, -0.15) is 0 Å². The molecule has 0 aliphatic carbocycles. The minimum atomic E-state index is -0.983. The molecule has 2 aliphatic heterocycles. The molecule has 3 heteroatoms. The molecule has 3 aromatic rings. The zero-order chi connectivity index (χ0) is 20.4. The standard InChI is InChI=1S/C27H30N2O/c30-27(22-11-4-1-5-12-22,23-13-6-2-7-14-23)19-18-26-28-20-10-17-25(28)21-29(26)24-15-8-3-9-16-24/h1-9,11-16,25-26,30H,10,17-21H2/t25-,26+/m0/s1. The van der Waals surface area contributed by atoms with Gasteiger partial charge in [-0.3, -0.25) is 4.90 Å². The van der Waals surface area contributed by atoms with Gasteiger partial charge in [0.1, 0.15) is 5.60 Å². The van der Waals surface area contributed by atoms with Crippen molar-refractivity contribution in [2.24, 2.45) is 0 Å². The van der Waals surface area contributed by atoms with Crippen molar-refractivity contribution >= 4 is 5.69 Å². The Bertz CT molecular complexity index is 905. The second-order valence-corrected chi connectivity index (χ2v) is 8.63. The van der Waals surface area contributed by atoms with Gasteiger partial charge in [0, 0.05) is 24.8 Å². The number of hydrogen-bond donors (Lipinski definition) is 1. The van der Waals surface area contributed by atoms with Crippen molar-refractivity contribution in [1.29, 1.82) is 0 Å². The van der Waals surface area contributed by atoms with Gasteiger partial charge in [0.2, 0.25) is 0 Å². The topological polar surface area (TPSA) is 26.7 Å². The van der Waals surface area contributed by atoms with Crippen LogP contribution >= 0.6 is 0 Å². The molecule has 0 radical (unpaired) electrons. The van der Waals surface area contributed by atoms with Crippen molar-refractivity contribution in [3.8, 4) is 0 Å². The second kappa shape index (κ2) is 8.25. The van der Waals surface area contributed by atoms with Crippen LogP contribution in [0.4, 0.5) is 5.69 Å². The van der Waals surface area contributed by atoms with Gasteiger partial charge in [-0.1, -0.05) is 78.9 Å². The molecule has 0 unspecified atom stereocenters. The van der Waals surface area contributed by atoms with Gasteiger partial charge >= 0.3 is 0 Å². The summed E-state index contributed by atoms with van der Waals surface area (Å²) < 4.78 is 0. The maximum absolute atomic E-state index is 12.0. The summed E-state index contributed by atoms with van der Waals surface area (Å²) >= 11 is 0. The molecule has 0 spiro atoms. The smallest absolute Gasteiger partial charge is 0.115 e. The Hall–Kier alpha value is -2.62. The lowest BCUT2D eigenvalue weighted by Gasteiger charge is -2.35. The Morgan fingerprint density at radius 3 is 1.97 bits per heavy atom. The minimum absolute atomic E-state index is 0.332. The fraction of sp³-hybridized carbons (Fsp3) is 0.333. The van der Waals surface area contributed by atoms with Crippen LogP contribution in [0.15, 0.2) is 91.0 Å². The fourth-order valence-corrected chi connectivity index (χ4v) is 5.41. The van der Waals surface area contributed by atoms with Crippen LogP contribution < -0.4 is 4.90 Å². The first-order chi connectivity index (χ1) is 14.8. The quantitative estimate of drug-likeness (QED) is 0.632. The summed E-state index contributed by atoms with van der Waals surface area (Å²) in [6.45, 7) is 2.25. The molecule has 3 nitrogen and oxygen atoms in total. The van der Waals surface area contributed by atoms with Crippen LogP contribution in [0.25, 0.3) is 0 Å². The molecule has 30 heavy (non-hydrogen) atoms. The minimum Gasteiger partial charge on any atom is -0.380 e. The van der Waals surface area contributed by atoms with E-state index in [1.54, 1.807) is 0 Å².